The highest BCUT2D eigenvalue weighted by molar-refractivity contribution is 5.10. The van der Waals surface area contributed by atoms with Gasteiger partial charge in [-0.1, -0.05) is 26.2 Å². The summed E-state index contributed by atoms with van der Waals surface area (Å²) in [5.41, 5.74) is 0.951. The van der Waals surface area contributed by atoms with Gasteiger partial charge in [-0.3, -0.25) is 4.98 Å². The molecule has 0 aromatic carbocycles. The van der Waals surface area contributed by atoms with Crippen molar-refractivity contribution in [2.75, 3.05) is 0 Å². The molecule has 1 aromatic heterocycles. The third kappa shape index (κ3) is 4.00. The lowest BCUT2D eigenvalue weighted by atomic mass is 9.84. The molecule has 1 unspecified atom stereocenters. The molecule has 1 saturated carbocycles. The minimum absolute atomic E-state index is 0.234. The second kappa shape index (κ2) is 6.99. The summed E-state index contributed by atoms with van der Waals surface area (Å²) < 4.78 is 12.9. The Morgan fingerprint density at radius 3 is 2.63 bits per heavy atom. The molecule has 1 aromatic rings. The maximum atomic E-state index is 12.9. The van der Waals surface area contributed by atoms with Crippen molar-refractivity contribution in [1.29, 1.82) is 0 Å². The molecule has 0 aliphatic heterocycles. The van der Waals surface area contributed by atoms with Crippen LogP contribution in [0.4, 0.5) is 4.39 Å². The van der Waals surface area contributed by atoms with Gasteiger partial charge in [0.05, 0.1) is 11.9 Å². The molecular weight excluding hydrogens is 239 g/mol. The highest BCUT2D eigenvalue weighted by Crippen LogP contribution is 2.28. The van der Waals surface area contributed by atoms with E-state index in [0.717, 1.165) is 18.0 Å². The highest BCUT2D eigenvalue weighted by atomic mass is 19.1. The predicted octanol–water partition coefficient (Wildman–Crippen LogP) is 4.23. The van der Waals surface area contributed by atoms with E-state index in [9.17, 15) is 4.39 Å². The van der Waals surface area contributed by atoms with Gasteiger partial charge in [-0.25, -0.2) is 4.39 Å². The van der Waals surface area contributed by atoms with Crippen molar-refractivity contribution in [3.63, 3.8) is 0 Å². The maximum Gasteiger partial charge on any atom is 0.141 e. The number of halogens is 1. The Bertz CT molecular complexity index is 371. The van der Waals surface area contributed by atoms with Gasteiger partial charge in [-0.15, -0.1) is 0 Å². The molecule has 1 fully saturated rings. The zero-order chi connectivity index (χ0) is 13.7. The fourth-order valence-electron chi connectivity index (χ4n) is 3.09. The van der Waals surface area contributed by atoms with E-state index in [-0.39, 0.29) is 11.9 Å². The number of pyridine rings is 1. The molecule has 0 radical (unpaired) electrons. The lowest BCUT2D eigenvalue weighted by Gasteiger charge is -2.31. The van der Waals surface area contributed by atoms with Crippen LogP contribution >= 0.6 is 0 Å². The summed E-state index contributed by atoms with van der Waals surface area (Å²) in [5, 5.41) is 3.69. The standard InChI is InChI=1S/C16H25FN2/c1-3-15(16-10-9-14(17)11-18-16)19-12(2)13-7-5-4-6-8-13/h9-13,15,19H,3-8H2,1-2H3/t12-,15?/m1/s1. The van der Waals surface area contributed by atoms with Gasteiger partial charge in [0.15, 0.2) is 0 Å². The quantitative estimate of drug-likeness (QED) is 0.861. The Morgan fingerprint density at radius 2 is 2.05 bits per heavy atom. The number of hydrogen-bond donors (Lipinski definition) is 1. The Hall–Kier alpha value is -0.960. The lowest BCUT2D eigenvalue weighted by Crippen LogP contribution is -2.37. The first kappa shape index (κ1) is 14.4. The topological polar surface area (TPSA) is 24.9 Å². The van der Waals surface area contributed by atoms with Gasteiger partial charge in [-0.05, 0) is 44.2 Å². The van der Waals surface area contributed by atoms with E-state index in [0.29, 0.717) is 6.04 Å². The molecule has 0 saturated heterocycles. The van der Waals surface area contributed by atoms with Gasteiger partial charge in [0, 0.05) is 12.1 Å². The molecule has 2 nitrogen and oxygen atoms in total. The van der Waals surface area contributed by atoms with E-state index in [1.165, 1.54) is 44.4 Å². The largest absolute Gasteiger partial charge is 0.306 e. The molecule has 2 rings (SSSR count). The summed E-state index contributed by atoms with van der Waals surface area (Å²) in [7, 11) is 0. The fraction of sp³-hybridized carbons (Fsp3) is 0.688. The van der Waals surface area contributed by atoms with Gasteiger partial charge in [0.2, 0.25) is 0 Å². The highest BCUT2D eigenvalue weighted by Gasteiger charge is 2.22. The fourth-order valence-corrected chi connectivity index (χ4v) is 3.09. The van der Waals surface area contributed by atoms with E-state index in [2.05, 4.69) is 24.1 Å². The average molecular weight is 264 g/mol. The lowest BCUT2D eigenvalue weighted by molar-refractivity contribution is 0.261. The molecule has 1 aliphatic carbocycles. The van der Waals surface area contributed by atoms with Crippen LogP contribution in [0.3, 0.4) is 0 Å². The number of hydrogen-bond acceptors (Lipinski definition) is 2. The number of nitrogens with one attached hydrogen (secondary N) is 1. The van der Waals surface area contributed by atoms with E-state index < -0.39 is 0 Å². The Morgan fingerprint density at radius 1 is 1.32 bits per heavy atom. The van der Waals surface area contributed by atoms with Crippen molar-refractivity contribution >= 4 is 0 Å². The molecule has 1 aliphatic rings. The maximum absolute atomic E-state index is 12.9. The summed E-state index contributed by atoms with van der Waals surface area (Å²) in [6.45, 7) is 4.43. The first-order chi connectivity index (χ1) is 9.20. The van der Waals surface area contributed by atoms with Crippen LogP contribution in [0.25, 0.3) is 0 Å². The molecule has 0 spiro atoms. The predicted molar refractivity (Wildman–Crippen MR) is 76.4 cm³/mol. The van der Waals surface area contributed by atoms with Crippen LogP contribution < -0.4 is 5.32 Å². The zero-order valence-electron chi connectivity index (χ0n) is 12.0. The number of aromatic nitrogens is 1. The number of rotatable bonds is 5. The van der Waals surface area contributed by atoms with Crippen molar-refractivity contribution < 1.29 is 4.39 Å². The molecule has 19 heavy (non-hydrogen) atoms. The molecule has 0 bridgehead atoms. The molecule has 0 amide bonds. The zero-order valence-corrected chi connectivity index (χ0v) is 12.0. The van der Waals surface area contributed by atoms with Gasteiger partial charge < -0.3 is 5.32 Å². The van der Waals surface area contributed by atoms with E-state index >= 15 is 0 Å². The molecule has 1 N–H and O–H groups in total. The SMILES string of the molecule is CCC(N[C@H](C)C1CCCCC1)c1ccc(F)cn1. The molecular formula is C16H25FN2. The second-order valence-corrected chi connectivity index (χ2v) is 5.72. The van der Waals surface area contributed by atoms with Crippen LogP contribution in [0.5, 0.6) is 0 Å². The van der Waals surface area contributed by atoms with E-state index in [1.807, 2.05) is 0 Å². The third-order valence-electron chi connectivity index (χ3n) is 4.34. The average Bonchev–Trinajstić information content (AvgIpc) is 2.46. The summed E-state index contributed by atoms with van der Waals surface area (Å²) in [6, 6.07) is 4.04. The molecule has 3 heteroatoms. The normalized spacial score (nSPS) is 20.2. The second-order valence-electron chi connectivity index (χ2n) is 5.72. The first-order valence-corrected chi connectivity index (χ1v) is 7.58. The van der Waals surface area contributed by atoms with Crippen LogP contribution in [0.2, 0.25) is 0 Å². The van der Waals surface area contributed by atoms with Gasteiger partial charge in [-0.2, -0.15) is 0 Å². The van der Waals surface area contributed by atoms with Gasteiger partial charge in [0.25, 0.3) is 0 Å². The van der Waals surface area contributed by atoms with Crippen LogP contribution in [-0.2, 0) is 0 Å². The molecule has 1 heterocycles. The summed E-state index contributed by atoms with van der Waals surface area (Å²) in [5.74, 6) is 0.516. The Kier molecular flexibility index (Phi) is 5.32. The van der Waals surface area contributed by atoms with Crippen LogP contribution in [0.15, 0.2) is 18.3 Å². The summed E-state index contributed by atoms with van der Waals surface area (Å²) >= 11 is 0. The van der Waals surface area contributed by atoms with Gasteiger partial charge in [0.1, 0.15) is 5.82 Å². The smallest absolute Gasteiger partial charge is 0.141 e. The van der Waals surface area contributed by atoms with Crippen molar-refractivity contribution in [2.45, 2.75) is 64.5 Å². The van der Waals surface area contributed by atoms with E-state index in [1.54, 1.807) is 6.07 Å². The van der Waals surface area contributed by atoms with Gasteiger partial charge >= 0.3 is 0 Å². The van der Waals surface area contributed by atoms with Crippen LogP contribution in [0, 0.1) is 11.7 Å². The van der Waals surface area contributed by atoms with Crippen molar-refractivity contribution in [3.05, 3.63) is 29.8 Å². The van der Waals surface area contributed by atoms with Crippen molar-refractivity contribution in [3.8, 4) is 0 Å². The van der Waals surface area contributed by atoms with Crippen LogP contribution in [-0.4, -0.2) is 11.0 Å². The first-order valence-electron chi connectivity index (χ1n) is 7.58. The summed E-state index contributed by atoms with van der Waals surface area (Å²) in [4.78, 5) is 4.21. The number of nitrogens with zero attached hydrogens (tertiary/aromatic N) is 1. The minimum atomic E-state index is -0.265. The molecule has 2 atom stereocenters. The van der Waals surface area contributed by atoms with Crippen LogP contribution in [0.1, 0.15) is 64.1 Å². The Balaban J connectivity index is 1.96. The summed E-state index contributed by atoms with van der Waals surface area (Å²) in [6.07, 6.45) is 9.08. The minimum Gasteiger partial charge on any atom is -0.306 e. The van der Waals surface area contributed by atoms with E-state index in [4.69, 9.17) is 0 Å². The van der Waals surface area contributed by atoms with Crippen molar-refractivity contribution in [1.82, 2.24) is 10.3 Å². The molecule has 106 valence electrons. The third-order valence-corrected chi connectivity index (χ3v) is 4.34. The Labute approximate surface area is 115 Å². The van der Waals surface area contributed by atoms with Crippen molar-refractivity contribution in [2.24, 2.45) is 5.92 Å². The monoisotopic (exact) mass is 264 g/mol.